The summed E-state index contributed by atoms with van der Waals surface area (Å²) >= 11 is 0. The predicted molar refractivity (Wildman–Crippen MR) is 112 cm³/mol. The van der Waals surface area contributed by atoms with Crippen LogP contribution in [0.1, 0.15) is 51.9 Å². The Kier molecular flexibility index (Phi) is 5.47. The fourth-order valence-electron chi connectivity index (χ4n) is 4.35. The summed E-state index contributed by atoms with van der Waals surface area (Å²) in [5, 5.41) is 6.58. The maximum Gasteiger partial charge on any atom is 0.317 e. The fraction of sp³-hybridized carbons (Fsp3) is 0.636. The lowest BCUT2D eigenvalue weighted by Gasteiger charge is -2.47. The number of hydrogen-bond acceptors (Lipinski definition) is 3. The summed E-state index contributed by atoms with van der Waals surface area (Å²) in [7, 11) is 0. The fourth-order valence-corrected chi connectivity index (χ4v) is 4.35. The Hall–Kier alpha value is -2.24. The third kappa shape index (κ3) is 3.82. The molecule has 0 bridgehead atoms. The Labute approximate surface area is 167 Å². The molecule has 0 unspecified atom stereocenters. The average Bonchev–Trinajstić information content (AvgIpc) is 3.53. The minimum atomic E-state index is -0.581. The van der Waals surface area contributed by atoms with Gasteiger partial charge in [0.15, 0.2) is 0 Å². The highest BCUT2D eigenvalue weighted by Gasteiger charge is 2.48. The molecule has 1 aromatic carbocycles. The van der Waals surface area contributed by atoms with Gasteiger partial charge in [0.25, 0.3) is 5.91 Å². The van der Waals surface area contributed by atoms with Crippen LogP contribution in [-0.4, -0.2) is 48.6 Å². The summed E-state index contributed by atoms with van der Waals surface area (Å²) in [5.74, 6) is 0.822. The minimum Gasteiger partial charge on any atom is -0.369 e. The van der Waals surface area contributed by atoms with Crippen LogP contribution >= 0.6 is 0 Å². The highest BCUT2D eigenvalue weighted by atomic mass is 16.2. The lowest BCUT2D eigenvalue weighted by atomic mass is 9.83. The smallest absolute Gasteiger partial charge is 0.317 e. The summed E-state index contributed by atoms with van der Waals surface area (Å²) in [6.45, 7) is 4.93. The lowest BCUT2D eigenvalue weighted by molar-refractivity contribution is -0.124. The van der Waals surface area contributed by atoms with E-state index in [2.05, 4.69) is 23.6 Å². The van der Waals surface area contributed by atoms with Crippen molar-refractivity contribution < 1.29 is 9.59 Å². The molecule has 3 aliphatic rings. The highest BCUT2D eigenvalue weighted by Crippen LogP contribution is 2.42. The van der Waals surface area contributed by atoms with E-state index in [0.717, 1.165) is 43.7 Å². The first-order chi connectivity index (χ1) is 13.6. The number of urea groups is 1. The summed E-state index contributed by atoms with van der Waals surface area (Å²) in [4.78, 5) is 29.8. The summed E-state index contributed by atoms with van der Waals surface area (Å²) in [6.07, 6.45) is 7.06. The second-order valence-electron chi connectivity index (χ2n) is 8.51. The number of likely N-dealkylation sites (tertiary alicyclic amines) is 1. The third-order valence-electron chi connectivity index (χ3n) is 6.32. The lowest BCUT2D eigenvalue weighted by Crippen LogP contribution is -2.63. The molecule has 2 N–H and O–H groups in total. The molecular formula is C22H32N4O2. The number of piperidine rings is 1. The van der Waals surface area contributed by atoms with Crippen LogP contribution in [0.2, 0.25) is 0 Å². The summed E-state index contributed by atoms with van der Waals surface area (Å²) in [6, 6.07) is 8.12. The van der Waals surface area contributed by atoms with E-state index in [0.29, 0.717) is 31.8 Å². The molecule has 0 atom stereocenters. The van der Waals surface area contributed by atoms with Gasteiger partial charge in [-0.1, -0.05) is 31.9 Å². The second-order valence-corrected chi connectivity index (χ2v) is 8.51. The first-order valence-electron chi connectivity index (χ1n) is 10.8. The number of benzene rings is 1. The second kappa shape index (κ2) is 8.02. The van der Waals surface area contributed by atoms with Crippen molar-refractivity contribution in [2.24, 2.45) is 5.92 Å². The monoisotopic (exact) mass is 384 g/mol. The van der Waals surface area contributed by atoms with Gasteiger partial charge in [-0.05, 0) is 50.2 Å². The van der Waals surface area contributed by atoms with E-state index >= 15 is 0 Å². The van der Waals surface area contributed by atoms with Gasteiger partial charge >= 0.3 is 6.03 Å². The van der Waals surface area contributed by atoms with E-state index in [4.69, 9.17) is 0 Å². The largest absolute Gasteiger partial charge is 0.369 e. The molecule has 0 radical (unpaired) electrons. The molecule has 152 valence electrons. The van der Waals surface area contributed by atoms with Crippen molar-refractivity contribution in [2.75, 3.05) is 36.4 Å². The van der Waals surface area contributed by atoms with Crippen LogP contribution < -0.4 is 15.5 Å². The van der Waals surface area contributed by atoms with Crippen molar-refractivity contribution >= 4 is 23.3 Å². The molecule has 4 rings (SSSR count). The van der Waals surface area contributed by atoms with Gasteiger partial charge in [0, 0.05) is 26.2 Å². The van der Waals surface area contributed by atoms with Crippen molar-refractivity contribution in [3.05, 3.63) is 24.3 Å². The number of nitrogens with zero attached hydrogens (tertiary/aromatic N) is 2. The molecule has 28 heavy (non-hydrogen) atoms. The number of amides is 3. The highest BCUT2D eigenvalue weighted by molar-refractivity contribution is 6.08. The van der Waals surface area contributed by atoms with Crippen LogP contribution in [0.5, 0.6) is 0 Å². The van der Waals surface area contributed by atoms with E-state index < -0.39 is 5.54 Å². The van der Waals surface area contributed by atoms with Crippen molar-refractivity contribution in [1.29, 1.82) is 0 Å². The molecule has 1 aromatic rings. The number of carbonyl (C=O) groups is 2. The zero-order chi connectivity index (χ0) is 19.6. The molecule has 1 saturated heterocycles. The topological polar surface area (TPSA) is 64.7 Å². The minimum absolute atomic E-state index is 0.00412. The normalized spacial score (nSPS) is 20.7. The molecular weight excluding hydrogens is 352 g/mol. The maximum absolute atomic E-state index is 13.5. The van der Waals surface area contributed by atoms with Gasteiger partial charge in [-0.2, -0.15) is 0 Å². The predicted octanol–water partition coefficient (Wildman–Crippen LogP) is 3.59. The summed E-state index contributed by atoms with van der Waals surface area (Å²) in [5.41, 5.74) is 1.46. The number of rotatable bonds is 6. The molecule has 3 amide bonds. The average molecular weight is 385 g/mol. The number of para-hydroxylation sites is 2. The zero-order valence-electron chi connectivity index (χ0n) is 16.9. The molecule has 1 aliphatic carbocycles. The van der Waals surface area contributed by atoms with Gasteiger partial charge in [0.2, 0.25) is 0 Å². The number of hydrogen-bond donors (Lipinski definition) is 2. The standard InChI is InChI=1S/C22H32N4O2/c1-2-3-6-13-23-21(28)25-14-11-22(12-15-25)20(27)26(16-17-9-10-17)19-8-5-4-7-18(19)24-22/h4-5,7-8,17,24H,2-3,6,9-16H2,1H3,(H,23,28). The molecule has 2 heterocycles. The van der Waals surface area contributed by atoms with Crippen LogP contribution in [0.15, 0.2) is 24.3 Å². The number of nitrogens with one attached hydrogen (secondary N) is 2. The quantitative estimate of drug-likeness (QED) is 0.737. The number of anilines is 2. The molecule has 6 nitrogen and oxygen atoms in total. The maximum atomic E-state index is 13.5. The van der Waals surface area contributed by atoms with Crippen LogP contribution in [0, 0.1) is 5.92 Å². The SMILES string of the molecule is CCCCCNC(=O)N1CCC2(CC1)Nc1ccccc1N(CC1CC1)C2=O. The van der Waals surface area contributed by atoms with Gasteiger partial charge in [-0.15, -0.1) is 0 Å². The van der Waals surface area contributed by atoms with Crippen molar-refractivity contribution in [3.63, 3.8) is 0 Å². The van der Waals surface area contributed by atoms with Gasteiger partial charge in [-0.25, -0.2) is 4.79 Å². The van der Waals surface area contributed by atoms with E-state index in [1.54, 1.807) is 0 Å². The van der Waals surface area contributed by atoms with E-state index in [-0.39, 0.29) is 11.9 Å². The van der Waals surface area contributed by atoms with Crippen LogP contribution in [-0.2, 0) is 4.79 Å². The Balaban J connectivity index is 1.42. The van der Waals surface area contributed by atoms with Gasteiger partial charge in [0.05, 0.1) is 11.4 Å². The Bertz CT molecular complexity index is 723. The van der Waals surface area contributed by atoms with Gasteiger partial charge in [-0.3, -0.25) is 4.79 Å². The van der Waals surface area contributed by atoms with Gasteiger partial charge < -0.3 is 20.4 Å². The van der Waals surface area contributed by atoms with Crippen molar-refractivity contribution in [2.45, 2.75) is 57.4 Å². The molecule has 2 fully saturated rings. The number of unbranched alkanes of at least 4 members (excludes halogenated alkanes) is 2. The first kappa shape index (κ1) is 19.1. The number of carbonyl (C=O) groups excluding carboxylic acids is 2. The van der Waals surface area contributed by atoms with Gasteiger partial charge in [0.1, 0.15) is 5.54 Å². The van der Waals surface area contributed by atoms with E-state index in [1.807, 2.05) is 28.0 Å². The molecule has 0 aromatic heterocycles. The Morgan fingerprint density at radius 2 is 1.96 bits per heavy atom. The van der Waals surface area contributed by atoms with Crippen molar-refractivity contribution in [3.8, 4) is 0 Å². The summed E-state index contributed by atoms with van der Waals surface area (Å²) < 4.78 is 0. The third-order valence-corrected chi connectivity index (χ3v) is 6.32. The van der Waals surface area contributed by atoms with E-state index in [9.17, 15) is 9.59 Å². The van der Waals surface area contributed by atoms with Crippen LogP contribution in [0.3, 0.4) is 0 Å². The zero-order valence-corrected chi connectivity index (χ0v) is 16.9. The van der Waals surface area contributed by atoms with Crippen LogP contribution in [0.4, 0.5) is 16.2 Å². The number of fused-ring (bicyclic) bond motifs is 1. The Morgan fingerprint density at radius 1 is 1.21 bits per heavy atom. The van der Waals surface area contributed by atoms with Crippen LogP contribution in [0.25, 0.3) is 0 Å². The van der Waals surface area contributed by atoms with Crippen molar-refractivity contribution in [1.82, 2.24) is 10.2 Å². The molecule has 1 spiro atoms. The molecule has 2 aliphatic heterocycles. The Morgan fingerprint density at radius 3 is 2.68 bits per heavy atom. The first-order valence-corrected chi connectivity index (χ1v) is 10.8. The molecule has 1 saturated carbocycles. The van der Waals surface area contributed by atoms with E-state index in [1.165, 1.54) is 12.8 Å². The molecule has 6 heteroatoms.